The summed E-state index contributed by atoms with van der Waals surface area (Å²) in [4.78, 5) is 22.1. The maximum Gasteiger partial charge on any atom is 0.341 e. The van der Waals surface area contributed by atoms with Crippen molar-refractivity contribution in [3.63, 3.8) is 0 Å². The molecule has 94 valence electrons. The first-order valence-corrected chi connectivity index (χ1v) is 5.12. The molecule has 1 heterocycles. The van der Waals surface area contributed by atoms with E-state index < -0.39 is 12.6 Å². The van der Waals surface area contributed by atoms with Crippen LogP contribution in [-0.2, 0) is 11.4 Å². The molecule has 0 unspecified atom stereocenters. The predicted octanol–water partition coefficient (Wildman–Crippen LogP) is 0.749. The van der Waals surface area contributed by atoms with Gasteiger partial charge in [-0.05, 0) is 18.2 Å². The molecule has 0 fully saturated rings. The molecule has 0 saturated carbocycles. The van der Waals surface area contributed by atoms with Gasteiger partial charge in [-0.15, -0.1) is 0 Å². The predicted molar refractivity (Wildman–Crippen MR) is 61.5 cm³/mol. The number of hydrogen-bond donors (Lipinski definition) is 2. The molecule has 0 aliphatic heterocycles. The van der Waals surface area contributed by atoms with Crippen LogP contribution in [-0.4, -0.2) is 22.8 Å². The molecule has 0 radical (unpaired) electrons. The molecule has 18 heavy (non-hydrogen) atoms. The first-order valence-electron chi connectivity index (χ1n) is 5.12. The van der Waals surface area contributed by atoms with Gasteiger partial charge in [0, 0.05) is 6.07 Å². The van der Waals surface area contributed by atoms with Crippen molar-refractivity contribution in [2.24, 2.45) is 0 Å². The third-order valence-electron chi connectivity index (χ3n) is 2.27. The van der Waals surface area contributed by atoms with Crippen LogP contribution >= 0.6 is 0 Å². The highest BCUT2D eigenvalue weighted by Gasteiger charge is 2.06. The average Bonchev–Trinajstić information content (AvgIpc) is 2.36. The Morgan fingerprint density at radius 1 is 1.33 bits per heavy atom. The SMILES string of the molecule is O=C(O)COc1ccc2oc(CO)cc(=O)c2c1. The Labute approximate surface area is 101 Å². The second-order valence-electron chi connectivity index (χ2n) is 3.58. The quantitative estimate of drug-likeness (QED) is 0.831. The number of fused-ring (bicyclic) bond motifs is 1. The summed E-state index contributed by atoms with van der Waals surface area (Å²) in [7, 11) is 0. The van der Waals surface area contributed by atoms with E-state index in [1.807, 2.05) is 0 Å². The van der Waals surface area contributed by atoms with Crippen LogP contribution in [0.25, 0.3) is 11.0 Å². The van der Waals surface area contributed by atoms with E-state index in [0.29, 0.717) is 5.58 Å². The minimum absolute atomic E-state index is 0.173. The lowest BCUT2D eigenvalue weighted by molar-refractivity contribution is -0.139. The van der Waals surface area contributed by atoms with Gasteiger partial charge in [0.15, 0.2) is 12.0 Å². The minimum Gasteiger partial charge on any atom is -0.482 e. The first-order chi connectivity index (χ1) is 8.60. The number of carboxylic acids is 1. The van der Waals surface area contributed by atoms with Gasteiger partial charge < -0.3 is 19.4 Å². The minimum atomic E-state index is -1.10. The lowest BCUT2D eigenvalue weighted by Gasteiger charge is -2.04. The van der Waals surface area contributed by atoms with Crippen molar-refractivity contribution in [2.75, 3.05) is 6.61 Å². The summed E-state index contributed by atoms with van der Waals surface area (Å²) in [5.74, 6) is -0.654. The molecule has 0 atom stereocenters. The van der Waals surface area contributed by atoms with E-state index in [4.69, 9.17) is 19.4 Å². The molecule has 0 aliphatic carbocycles. The fraction of sp³-hybridized carbons (Fsp3) is 0.167. The standard InChI is InChI=1S/C12H10O6/c13-5-8-4-10(14)9-3-7(17-6-12(15)16)1-2-11(9)18-8/h1-4,13H,5-6H2,(H,15,16). The Morgan fingerprint density at radius 3 is 2.78 bits per heavy atom. The van der Waals surface area contributed by atoms with Crippen LogP contribution in [0.15, 0.2) is 33.5 Å². The number of rotatable bonds is 4. The molecule has 0 bridgehead atoms. The molecule has 6 heteroatoms. The van der Waals surface area contributed by atoms with E-state index in [9.17, 15) is 9.59 Å². The number of carbonyl (C=O) groups is 1. The van der Waals surface area contributed by atoms with E-state index in [0.717, 1.165) is 0 Å². The van der Waals surface area contributed by atoms with Gasteiger partial charge in [0.2, 0.25) is 0 Å². The van der Waals surface area contributed by atoms with Crippen molar-refractivity contribution in [1.29, 1.82) is 0 Å². The van der Waals surface area contributed by atoms with Crippen LogP contribution in [0.2, 0.25) is 0 Å². The van der Waals surface area contributed by atoms with E-state index >= 15 is 0 Å². The second-order valence-corrected chi connectivity index (χ2v) is 3.58. The molecular weight excluding hydrogens is 240 g/mol. The van der Waals surface area contributed by atoms with E-state index in [1.165, 1.54) is 24.3 Å². The van der Waals surface area contributed by atoms with Gasteiger partial charge in [-0.3, -0.25) is 4.79 Å². The molecule has 2 aromatic rings. The summed E-state index contributed by atoms with van der Waals surface area (Å²) < 4.78 is 10.2. The molecule has 6 nitrogen and oxygen atoms in total. The second kappa shape index (κ2) is 4.89. The summed E-state index contributed by atoms with van der Waals surface area (Å²) >= 11 is 0. The van der Waals surface area contributed by atoms with Crippen molar-refractivity contribution in [3.8, 4) is 5.75 Å². The number of aliphatic hydroxyl groups is 1. The van der Waals surface area contributed by atoms with Crippen molar-refractivity contribution >= 4 is 16.9 Å². The largest absolute Gasteiger partial charge is 0.482 e. The Kier molecular flexibility index (Phi) is 3.29. The third kappa shape index (κ3) is 2.49. The van der Waals surface area contributed by atoms with Crippen LogP contribution in [0.3, 0.4) is 0 Å². The summed E-state index contributed by atoms with van der Waals surface area (Å²) in [5.41, 5.74) is -0.00435. The third-order valence-corrected chi connectivity index (χ3v) is 2.27. The van der Waals surface area contributed by atoms with E-state index in [-0.39, 0.29) is 28.9 Å². The van der Waals surface area contributed by atoms with Crippen LogP contribution < -0.4 is 10.2 Å². The molecule has 0 saturated heterocycles. The summed E-state index contributed by atoms with van der Waals surface area (Å²) in [5, 5.41) is 17.6. The monoisotopic (exact) mass is 250 g/mol. The highest BCUT2D eigenvalue weighted by molar-refractivity contribution is 5.78. The lowest BCUT2D eigenvalue weighted by atomic mass is 10.2. The normalized spacial score (nSPS) is 10.5. The van der Waals surface area contributed by atoms with Gasteiger partial charge in [0.05, 0.1) is 5.39 Å². The fourth-order valence-corrected chi connectivity index (χ4v) is 1.50. The Morgan fingerprint density at radius 2 is 2.11 bits per heavy atom. The zero-order valence-corrected chi connectivity index (χ0v) is 9.25. The lowest BCUT2D eigenvalue weighted by Crippen LogP contribution is -2.10. The summed E-state index contributed by atoms with van der Waals surface area (Å²) in [6.45, 7) is -0.839. The van der Waals surface area contributed by atoms with E-state index in [1.54, 1.807) is 0 Å². The van der Waals surface area contributed by atoms with Gasteiger partial charge in [-0.25, -0.2) is 4.79 Å². The Bertz CT molecular complexity index is 643. The zero-order valence-electron chi connectivity index (χ0n) is 9.25. The summed E-state index contributed by atoms with van der Waals surface area (Å²) in [6, 6.07) is 5.58. The fourth-order valence-electron chi connectivity index (χ4n) is 1.50. The molecule has 1 aromatic carbocycles. The zero-order chi connectivity index (χ0) is 13.1. The highest BCUT2D eigenvalue weighted by Crippen LogP contribution is 2.19. The maximum atomic E-state index is 11.7. The molecule has 0 spiro atoms. The number of aliphatic hydroxyl groups excluding tert-OH is 1. The first kappa shape index (κ1) is 12.1. The van der Waals surface area contributed by atoms with Gasteiger partial charge in [0.25, 0.3) is 0 Å². The molecule has 0 amide bonds. The molecule has 0 aliphatic rings. The molecule has 1 aromatic heterocycles. The molecule has 2 N–H and O–H groups in total. The Hall–Kier alpha value is -2.34. The maximum absolute atomic E-state index is 11.7. The van der Waals surface area contributed by atoms with Crippen molar-refractivity contribution in [2.45, 2.75) is 6.61 Å². The van der Waals surface area contributed by atoms with Crippen LogP contribution in [0.4, 0.5) is 0 Å². The summed E-state index contributed by atoms with van der Waals surface area (Å²) in [6.07, 6.45) is 0. The number of aliphatic carboxylic acids is 1. The number of carboxylic acid groups (broad SMARTS) is 1. The number of ether oxygens (including phenoxy) is 1. The Balaban J connectivity index is 2.42. The van der Waals surface area contributed by atoms with Gasteiger partial charge in [-0.1, -0.05) is 0 Å². The topological polar surface area (TPSA) is 97.0 Å². The van der Waals surface area contributed by atoms with Crippen LogP contribution in [0, 0.1) is 0 Å². The van der Waals surface area contributed by atoms with Crippen LogP contribution in [0.5, 0.6) is 5.75 Å². The molecule has 2 rings (SSSR count). The number of benzene rings is 1. The van der Waals surface area contributed by atoms with Gasteiger partial charge in [-0.2, -0.15) is 0 Å². The average molecular weight is 250 g/mol. The van der Waals surface area contributed by atoms with E-state index in [2.05, 4.69) is 0 Å². The van der Waals surface area contributed by atoms with Gasteiger partial charge >= 0.3 is 5.97 Å². The van der Waals surface area contributed by atoms with Crippen LogP contribution in [0.1, 0.15) is 5.76 Å². The highest BCUT2D eigenvalue weighted by atomic mass is 16.5. The van der Waals surface area contributed by atoms with Gasteiger partial charge in [0.1, 0.15) is 23.7 Å². The number of hydrogen-bond acceptors (Lipinski definition) is 5. The van der Waals surface area contributed by atoms with Crippen molar-refractivity contribution in [1.82, 2.24) is 0 Å². The molecular formula is C12H10O6. The van der Waals surface area contributed by atoms with Crippen molar-refractivity contribution < 1.29 is 24.2 Å². The smallest absolute Gasteiger partial charge is 0.341 e. The van der Waals surface area contributed by atoms with Crippen molar-refractivity contribution in [3.05, 3.63) is 40.2 Å².